The summed E-state index contributed by atoms with van der Waals surface area (Å²) in [5, 5.41) is 3.07. The lowest BCUT2D eigenvalue weighted by atomic mass is 10.1. The van der Waals surface area contributed by atoms with E-state index in [1.54, 1.807) is 7.11 Å². The summed E-state index contributed by atoms with van der Waals surface area (Å²) in [6.45, 7) is 7.08. The maximum absolute atomic E-state index is 12.3. The zero-order chi connectivity index (χ0) is 19.8. The van der Waals surface area contributed by atoms with Gasteiger partial charge < -0.3 is 15.0 Å². The fourth-order valence-corrected chi connectivity index (χ4v) is 3.67. The average molecular weight is 382 g/mol. The molecule has 1 heterocycles. The first kappa shape index (κ1) is 20.2. The van der Waals surface area contributed by atoms with Crippen molar-refractivity contribution in [2.45, 2.75) is 19.8 Å². The van der Waals surface area contributed by atoms with E-state index >= 15 is 0 Å². The van der Waals surface area contributed by atoms with Gasteiger partial charge in [0.05, 0.1) is 13.7 Å². The molecule has 1 fully saturated rings. The lowest BCUT2D eigenvalue weighted by Gasteiger charge is -2.23. The number of hydrogen-bond donors (Lipinski definition) is 1. The molecule has 0 spiro atoms. The van der Waals surface area contributed by atoms with Crippen molar-refractivity contribution in [3.8, 4) is 5.75 Å². The number of benzene rings is 2. The molecule has 1 aliphatic rings. The quantitative estimate of drug-likeness (QED) is 0.801. The van der Waals surface area contributed by atoms with Gasteiger partial charge in [-0.3, -0.25) is 9.69 Å². The molecule has 0 aliphatic carbocycles. The molecule has 2 aromatic rings. The maximum Gasteiger partial charge on any atom is 0.234 e. The summed E-state index contributed by atoms with van der Waals surface area (Å²) in [7, 11) is 1.69. The summed E-state index contributed by atoms with van der Waals surface area (Å²) in [5.74, 6) is 0.994. The number of nitrogens with one attached hydrogen (secondary N) is 1. The molecule has 0 bridgehead atoms. The predicted octanol–water partition coefficient (Wildman–Crippen LogP) is 2.87. The van der Waals surface area contributed by atoms with Crippen LogP contribution in [0.1, 0.15) is 17.5 Å². The van der Waals surface area contributed by atoms with E-state index in [2.05, 4.69) is 52.4 Å². The SMILES string of the molecule is COc1ccc(N2CCCN(CC(=O)NCCc3ccccc3C)CC2)cc1. The molecular weight excluding hydrogens is 350 g/mol. The molecule has 5 heteroatoms. The van der Waals surface area contributed by atoms with Crippen LogP contribution in [0, 0.1) is 6.92 Å². The Morgan fingerprint density at radius 2 is 1.82 bits per heavy atom. The van der Waals surface area contributed by atoms with Gasteiger partial charge in [-0.1, -0.05) is 24.3 Å². The van der Waals surface area contributed by atoms with Crippen molar-refractivity contribution in [2.24, 2.45) is 0 Å². The fraction of sp³-hybridized carbons (Fsp3) is 0.435. The molecule has 1 N–H and O–H groups in total. The Hall–Kier alpha value is -2.53. The first-order chi connectivity index (χ1) is 13.7. The molecule has 0 unspecified atom stereocenters. The van der Waals surface area contributed by atoms with Crippen molar-refractivity contribution in [1.29, 1.82) is 0 Å². The van der Waals surface area contributed by atoms with Crippen LogP contribution in [0.15, 0.2) is 48.5 Å². The van der Waals surface area contributed by atoms with Crippen molar-refractivity contribution in [3.05, 3.63) is 59.7 Å². The van der Waals surface area contributed by atoms with E-state index in [4.69, 9.17) is 4.74 Å². The molecule has 1 aliphatic heterocycles. The van der Waals surface area contributed by atoms with Gasteiger partial charge >= 0.3 is 0 Å². The summed E-state index contributed by atoms with van der Waals surface area (Å²) in [4.78, 5) is 17.0. The van der Waals surface area contributed by atoms with E-state index in [9.17, 15) is 4.79 Å². The number of carbonyl (C=O) groups is 1. The Labute approximate surface area is 168 Å². The van der Waals surface area contributed by atoms with Crippen LogP contribution >= 0.6 is 0 Å². The van der Waals surface area contributed by atoms with Gasteiger partial charge in [0.2, 0.25) is 5.91 Å². The van der Waals surface area contributed by atoms with Crippen LogP contribution < -0.4 is 15.0 Å². The smallest absolute Gasteiger partial charge is 0.234 e. The van der Waals surface area contributed by atoms with Gasteiger partial charge in [-0.25, -0.2) is 0 Å². The van der Waals surface area contributed by atoms with Crippen LogP contribution in [-0.2, 0) is 11.2 Å². The molecule has 0 saturated carbocycles. The van der Waals surface area contributed by atoms with E-state index in [0.717, 1.165) is 44.8 Å². The molecular formula is C23H31N3O2. The highest BCUT2D eigenvalue weighted by molar-refractivity contribution is 5.78. The first-order valence-electron chi connectivity index (χ1n) is 10.1. The van der Waals surface area contributed by atoms with Crippen LogP contribution in [-0.4, -0.2) is 57.2 Å². The standard InChI is InChI=1S/C23H31N3O2/c1-19-6-3-4-7-20(19)12-13-24-23(27)18-25-14-5-15-26(17-16-25)21-8-10-22(28-2)11-9-21/h3-4,6-11H,5,12-18H2,1-2H3,(H,24,27). The van der Waals surface area contributed by atoms with Gasteiger partial charge in [0.1, 0.15) is 5.75 Å². The van der Waals surface area contributed by atoms with Gasteiger partial charge in [-0.05, 0) is 55.2 Å². The van der Waals surface area contributed by atoms with Crippen molar-refractivity contribution in [1.82, 2.24) is 10.2 Å². The van der Waals surface area contributed by atoms with Gasteiger partial charge in [0.25, 0.3) is 0 Å². The number of nitrogens with zero attached hydrogens (tertiary/aromatic N) is 2. The van der Waals surface area contributed by atoms with Crippen molar-refractivity contribution in [2.75, 3.05) is 51.3 Å². The minimum atomic E-state index is 0.117. The zero-order valence-corrected chi connectivity index (χ0v) is 17.0. The van der Waals surface area contributed by atoms with Crippen LogP contribution in [0.5, 0.6) is 5.75 Å². The molecule has 1 amide bonds. The van der Waals surface area contributed by atoms with Crippen molar-refractivity contribution >= 4 is 11.6 Å². The lowest BCUT2D eigenvalue weighted by molar-refractivity contribution is -0.122. The van der Waals surface area contributed by atoms with E-state index in [1.807, 2.05) is 18.2 Å². The van der Waals surface area contributed by atoms with E-state index in [-0.39, 0.29) is 5.91 Å². The van der Waals surface area contributed by atoms with E-state index in [1.165, 1.54) is 16.8 Å². The molecule has 3 rings (SSSR count). The number of carbonyl (C=O) groups excluding carboxylic acids is 1. The maximum atomic E-state index is 12.3. The van der Waals surface area contributed by atoms with Gasteiger partial charge in [-0.2, -0.15) is 0 Å². The highest BCUT2D eigenvalue weighted by Gasteiger charge is 2.17. The third kappa shape index (κ3) is 5.73. The molecule has 5 nitrogen and oxygen atoms in total. The molecule has 0 aromatic heterocycles. The van der Waals surface area contributed by atoms with Crippen molar-refractivity contribution in [3.63, 3.8) is 0 Å². The van der Waals surface area contributed by atoms with Gasteiger partial charge in [0, 0.05) is 38.4 Å². The summed E-state index contributed by atoms with van der Waals surface area (Å²) >= 11 is 0. The molecule has 150 valence electrons. The molecule has 0 atom stereocenters. The highest BCUT2D eigenvalue weighted by atomic mass is 16.5. The monoisotopic (exact) mass is 381 g/mol. The molecule has 0 radical (unpaired) electrons. The fourth-order valence-electron chi connectivity index (χ4n) is 3.67. The second-order valence-electron chi connectivity index (χ2n) is 7.34. The summed E-state index contributed by atoms with van der Waals surface area (Å²) in [6.07, 6.45) is 1.94. The first-order valence-corrected chi connectivity index (χ1v) is 10.1. The van der Waals surface area contributed by atoms with Gasteiger partial charge in [0.15, 0.2) is 0 Å². The minimum absolute atomic E-state index is 0.117. The van der Waals surface area contributed by atoms with Crippen LogP contribution in [0.25, 0.3) is 0 Å². The number of amides is 1. The third-order valence-electron chi connectivity index (χ3n) is 5.37. The second-order valence-corrected chi connectivity index (χ2v) is 7.34. The number of aryl methyl sites for hydroxylation is 1. The highest BCUT2D eigenvalue weighted by Crippen LogP contribution is 2.20. The Morgan fingerprint density at radius 1 is 1.04 bits per heavy atom. The number of ether oxygens (including phenoxy) is 1. The molecule has 28 heavy (non-hydrogen) atoms. The number of anilines is 1. The van der Waals surface area contributed by atoms with Crippen LogP contribution in [0.2, 0.25) is 0 Å². The topological polar surface area (TPSA) is 44.8 Å². The van der Waals surface area contributed by atoms with E-state index in [0.29, 0.717) is 13.1 Å². The van der Waals surface area contributed by atoms with Crippen LogP contribution in [0.4, 0.5) is 5.69 Å². The minimum Gasteiger partial charge on any atom is -0.497 e. The summed E-state index contributed by atoms with van der Waals surface area (Å²) < 4.78 is 5.24. The predicted molar refractivity (Wildman–Crippen MR) is 114 cm³/mol. The Balaban J connectivity index is 1.42. The Morgan fingerprint density at radius 3 is 2.57 bits per heavy atom. The number of rotatable bonds is 7. The number of methoxy groups -OCH3 is 1. The molecule has 2 aromatic carbocycles. The average Bonchev–Trinajstić information content (AvgIpc) is 2.95. The zero-order valence-electron chi connectivity index (χ0n) is 17.0. The number of hydrogen-bond acceptors (Lipinski definition) is 4. The Bertz CT molecular complexity index is 761. The normalized spacial score (nSPS) is 15.1. The van der Waals surface area contributed by atoms with E-state index < -0.39 is 0 Å². The molecule has 1 saturated heterocycles. The Kier molecular flexibility index (Phi) is 7.31. The second kappa shape index (κ2) is 10.1. The third-order valence-corrected chi connectivity index (χ3v) is 5.37. The summed E-state index contributed by atoms with van der Waals surface area (Å²) in [5.41, 5.74) is 3.79. The summed E-state index contributed by atoms with van der Waals surface area (Å²) in [6, 6.07) is 16.5. The van der Waals surface area contributed by atoms with Gasteiger partial charge in [-0.15, -0.1) is 0 Å². The lowest BCUT2D eigenvalue weighted by Crippen LogP contribution is -2.39. The van der Waals surface area contributed by atoms with Crippen LogP contribution in [0.3, 0.4) is 0 Å². The largest absolute Gasteiger partial charge is 0.497 e. The van der Waals surface area contributed by atoms with Crippen molar-refractivity contribution < 1.29 is 9.53 Å².